The van der Waals surface area contributed by atoms with E-state index >= 15 is 0 Å². The van der Waals surface area contributed by atoms with Crippen LogP contribution in [0.4, 0.5) is 0 Å². The summed E-state index contributed by atoms with van der Waals surface area (Å²) in [5, 5.41) is 0. The summed E-state index contributed by atoms with van der Waals surface area (Å²) >= 11 is 4.99. The monoisotopic (exact) mass is 175 g/mol. The van der Waals surface area contributed by atoms with Gasteiger partial charge in [0, 0.05) is 6.54 Å². The molecule has 0 bridgehead atoms. The maximum atomic E-state index is 5.28. The predicted octanol–water partition coefficient (Wildman–Crippen LogP) is 0.251. The van der Waals surface area contributed by atoms with E-state index in [0.717, 1.165) is 13.0 Å². The molecule has 1 rings (SSSR count). The number of hydrogen-bond donors (Lipinski definition) is 0. The van der Waals surface area contributed by atoms with Crippen molar-refractivity contribution in [3.8, 4) is 12.3 Å². The lowest BCUT2D eigenvalue weighted by Crippen LogP contribution is -2.34. The van der Waals surface area contributed by atoms with Crippen molar-refractivity contribution < 1.29 is 4.18 Å². The first kappa shape index (κ1) is 8.15. The van der Waals surface area contributed by atoms with Crippen LogP contribution in [0.25, 0.3) is 0 Å². The van der Waals surface area contributed by atoms with Gasteiger partial charge in [-0.1, -0.05) is 5.92 Å². The Morgan fingerprint density at radius 2 is 2.60 bits per heavy atom. The number of terminal acetylenes is 1. The van der Waals surface area contributed by atoms with Crippen molar-refractivity contribution in [3.05, 3.63) is 0 Å². The lowest BCUT2D eigenvalue weighted by molar-refractivity contribution is 0.229. The molecule has 1 aliphatic heterocycles. The Morgan fingerprint density at radius 1 is 1.90 bits per heavy atom. The zero-order valence-corrected chi connectivity index (χ0v) is 7.37. The van der Waals surface area contributed by atoms with Crippen LogP contribution in [0.5, 0.6) is 0 Å². The van der Waals surface area contributed by atoms with E-state index in [-0.39, 0.29) is 6.10 Å². The van der Waals surface area contributed by atoms with E-state index in [4.69, 9.17) is 21.8 Å². The molecule has 2 atom stereocenters. The molecule has 2 unspecified atom stereocenters. The summed E-state index contributed by atoms with van der Waals surface area (Å²) in [5.41, 5.74) is 0. The third-order valence-corrected chi connectivity index (χ3v) is 3.43. The highest BCUT2D eigenvalue weighted by Crippen LogP contribution is 2.11. The molecule has 0 amide bonds. The van der Waals surface area contributed by atoms with Crippen molar-refractivity contribution in [3.63, 3.8) is 0 Å². The fourth-order valence-electron chi connectivity index (χ4n) is 0.706. The van der Waals surface area contributed by atoms with Gasteiger partial charge in [-0.05, 0) is 24.7 Å². The van der Waals surface area contributed by atoms with E-state index in [1.165, 1.54) is 0 Å². The van der Waals surface area contributed by atoms with Crippen molar-refractivity contribution in [2.75, 3.05) is 13.6 Å². The van der Waals surface area contributed by atoms with Gasteiger partial charge in [-0.2, -0.15) is 0 Å². The van der Waals surface area contributed by atoms with Crippen LogP contribution >= 0.6 is 0 Å². The van der Waals surface area contributed by atoms with Crippen molar-refractivity contribution in [1.29, 1.82) is 0 Å². The third-order valence-electron chi connectivity index (χ3n) is 1.35. The van der Waals surface area contributed by atoms with E-state index in [1.54, 1.807) is 0 Å². The predicted molar refractivity (Wildman–Crippen MR) is 45.7 cm³/mol. The second kappa shape index (κ2) is 3.44. The van der Waals surface area contributed by atoms with Gasteiger partial charge in [-0.3, -0.25) is 4.18 Å². The maximum Gasteiger partial charge on any atom is 0.135 e. The van der Waals surface area contributed by atoms with E-state index in [1.807, 2.05) is 11.4 Å². The Bertz CT molecular complexity index is 187. The highest BCUT2D eigenvalue weighted by Gasteiger charge is 2.18. The lowest BCUT2D eigenvalue weighted by Gasteiger charge is -2.26. The lowest BCUT2D eigenvalue weighted by atomic mass is 10.3. The Morgan fingerprint density at radius 3 is 3.10 bits per heavy atom. The molecule has 0 radical (unpaired) electrons. The molecule has 56 valence electrons. The summed E-state index contributed by atoms with van der Waals surface area (Å²) in [6, 6.07) is 0. The molecule has 0 spiro atoms. The van der Waals surface area contributed by atoms with Gasteiger partial charge in [-0.25, -0.2) is 4.31 Å². The van der Waals surface area contributed by atoms with E-state index < -0.39 is 9.92 Å². The Hall–Kier alpha value is 0.0500. The summed E-state index contributed by atoms with van der Waals surface area (Å²) in [5.74, 6) is 2.55. The molecule has 1 saturated heterocycles. The van der Waals surface area contributed by atoms with Crippen molar-refractivity contribution in [2.24, 2.45) is 0 Å². The van der Waals surface area contributed by atoms with Gasteiger partial charge in [0.15, 0.2) is 0 Å². The maximum absolute atomic E-state index is 5.28. The van der Waals surface area contributed by atoms with Crippen LogP contribution in [0.2, 0.25) is 0 Å². The molecule has 0 N–H and O–H groups in total. The number of rotatable bonds is 0. The largest absolute Gasteiger partial charge is 0.283 e. The minimum Gasteiger partial charge on any atom is -0.283 e. The van der Waals surface area contributed by atoms with Gasteiger partial charge in [0.05, 0.1) is 9.92 Å². The van der Waals surface area contributed by atoms with Crippen molar-refractivity contribution >= 4 is 21.1 Å². The molecular weight excluding hydrogens is 166 g/mol. The quantitative estimate of drug-likeness (QED) is 0.490. The first-order valence-corrected chi connectivity index (χ1v) is 5.03. The van der Waals surface area contributed by atoms with Crippen molar-refractivity contribution in [1.82, 2.24) is 4.31 Å². The Labute approximate surface area is 68.5 Å². The van der Waals surface area contributed by atoms with Crippen LogP contribution in [-0.2, 0) is 25.3 Å². The van der Waals surface area contributed by atoms with Crippen LogP contribution in [0.15, 0.2) is 0 Å². The summed E-state index contributed by atoms with van der Waals surface area (Å²) in [6.45, 7) is 0.946. The van der Waals surface area contributed by atoms with Crippen LogP contribution in [0, 0.1) is 12.3 Å². The Balaban J connectivity index is 2.50. The molecule has 10 heavy (non-hydrogen) atoms. The summed E-state index contributed by atoms with van der Waals surface area (Å²) < 4.78 is 7.27. The van der Waals surface area contributed by atoms with Crippen LogP contribution in [0.3, 0.4) is 0 Å². The van der Waals surface area contributed by atoms with E-state index in [2.05, 4.69) is 5.92 Å². The summed E-state index contributed by atoms with van der Waals surface area (Å²) in [4.78, 5) is 0. The zero-order chi connectivity index (χ0) is 7.56. The first-order chi connectivity index (χ1) is 4.74. The normalized spacial score (nSPS) is 35.2. The average Bonchev–Trinajstić information content (AvgIpc) is 1.95. The highest BCUT2D eigenvalue weighted by molar-refractivity contribution is 8.24. The molecule has 0 aromatic rings. The fraction of sp³-hybridized carbons (Fsp3) is 0.667. The van der Waals surface area contributed by atoms with Crippen molar-refractivity contribution in [2.45, 2.75) is 12.5 Å². The van der Waals surface area contributed by atoms with Crippen LogP contribution in [0.1, 0.15) is 6.42 Å². The van der Waals surface area contributed by atoms with Crippen LogP contribution < -0.4 is 0 Å². The molecule has 0 aromatic carbocycles. The first-order valence-electron chi connectivity index (χ1n) is 3.00. The van der Waals surface area contributed by atoms with Gasteiger partial charge in [0.2, 0.25) is 0 Å². The molecule has 0 saturated carbocycles. The highest BCUT2D eigenvalue weighted by atomic mass is 32.8. The zero-order valence-electron chi connectivity index (χ0n) is 5.74. The summed E-state index contributed by atoms with van der Waals surface area (Å²) in [6.07, 6.45) is 6.01. The summed E-state index contributed by atoms with van der Waals surface area (Å²) in [7, 11) is 1.46. The number of nitrogens with zero attached hydrogens (tertiary/aromatic N) is 1. The van der Waals surface area contributed by atoms with Gasteiger partial charge in [0.25, 0.3) is 0 Å². The minimum absolute atomic E-state index is 0.0583. The smallest absolute Gasteiger partial charge is 0.135 e. The van der Waals surface area contributed by atoms with Gasteiger partial charge < -0.3 is 0 Å². The van der Waals surface area contributed by atoms with Gasteiger partial charge in [-0.15, -0.1) is 6.42 Å². The topological polar surface area (TPSA) is 12.5 Å². The van der Waals surface area contributed by atoms with Crippen LogP contribution in [-0.4, -0.2) is 24.0 Å². The molecule has 0 aromatic heterocycles. The SMILES string of the molecule is C#CC1CCN(C)S(=S)O1. The van der Waals surface area contributed by atoms with E-state index in [9.17, 15) is 0 Å². The standard InChI is InChI=1S/C6H9NOS2/c1-3-6-4-5-7(2)10(9)8-6/h1,6H,4-5H2,2H3. The second-order valence-electron chi connectivity index (χ2n) is 2.11. The minimum atomic E-state index is -0.491. The molecular formula is C6H9NOS2. The van der Waals surface area contributed by atoms with Gasteiger partial charge in [0.1, 0.15) is 6.10 Å². The molecule has 4 heteroatoms. The van der Waals surface area contributed by atoms with E-state index in [0.29, 0.717) is 0 Å². The molecule has 1 heterocycles. The fourth-order valence-corrected chi connectivity index (χ4v) is 1.97. The van der Waals surface area contributed by atoms with Gasteiger partial charge >= 0.3 is 0 Å². The molecule has 1 fully saturated rings. The number of hydrogen-bond acceptors (Lipinski definition) is 2. The molecule has 2 nitrogen and oxygen atoms in total. The molecule has 0 aliphatic carbocycles. The third kappa shape index (κ3) is 1.77. The second-order valence-corrected chi connectivity index (χ2v) is 4.21. The average molecular weight is 175 g/mol. The Kier molecular flexibility index (Phi) is 2.81. The molecule has 1 aliphatic rings.